The van der Waals surface area contributed by atoms with Gasteiger partial charge in [0.05, 0.1) is 18.2 Å². The average Bonchev–Trinajstić information content (AvgIpc) is 2.98. The van der Waals surface area contributed by atoms with E-state index in [0.717, 1.165) is 10.8 Å². The van der Waals surface area contributed by atoms with Gasteiger partial charge in [-0.05, 0) is 19.9 Å². The van der Waals surface area contributed by atoms with Crippen molar-refractivity contribution in [3.05, 3.63) is 29.5 Å². The van der Waals surface area contributed by atoms with Gasteiger partial charge in [0.15, 0.2) is 0 Å². The molecule has 0 aliphatic heterocycles. The summed E-state index contributed by atoms with van der Waals surface area (Å²) in [6.45, 7) is 3.98. The van der Waals surface area contributed by atoms with E-state index in [9.17, 15) is 4.79 Å². The molecule has 90 valence electrons. The number of nitrogens with zero attached hydrogens (tertiary/aromatic N) is 3. The van der Waals surface area contributed by atoms with Crippen LogP contribution >= 0.6 is 11.3 Å². The summed E-state index contributed by atoms with van der Waals surface area (Å²) in [5.74, 6) is -0.591. The Labute approximate surface area is 103 Å². The van der Waals surface area contributed by atoms with Crippen LogP contribution in [0.5, 0.6) is 0 Å². The minimum absolute atomic E-state index is 0.245. The summed E-state index contributed by atoms with van der Waals surface area (Å²) in [5.41, 5.74) is 0.790. The molecule has 0 fully saturated rings. The van der Waals surface area contributed by atoms with Gasteiger partial charge in [-0.1, -0.05) is 0 Å². The second kappa shape index (κ2) is 5.09. The van der Waals surface area contributed by atoms with Gasteiger partial charge in [0.2, 0.25) is 5.13 Å². The maximum atomic E-state index is 11.7. The first-order valence-electron chi connectivity index (χ1n) is 5.34. The van der Waals surface area contributed by atoms with Crippen molar-refractivity contribution in [1.82, 2.24) is 14.8 Å². The van der Waals surface area contributed by atoms with Crippen molar-refractivity contribution in [3.63, 3.8) is 0 Å². The second-order valence-corrected chi connectivity index (χ2v) is 4.33. The fourth-order valence-corrected chi connectivity index (χ4v) is 2.13. The molecule has 0 aliphatic carbocycles. The normalized spacial score (nSPS) is 12.4. The largest absolute Gasteiger partial charge is 0.465 e. The number of aromatic nitrogens is 3. The SMILES string of the molecule is CCOC(=O)C(C)c1ccnn1-c1nccs1. The van der Waals surface area contributed by atoms with Crippen molar-refractivity contribution in [3.8, 4) is 5.13 Å². The lowest BCUT2D eigenvalue weighted by Crippen LogP contribution is -2.16. The van der Waals surface area contributed by atoms with Crippen LogP contribution in [0.4, 0.5) is 0 Å². The Hall–Kier alpha value is -1.69. The number of ether oxygens (including phenoxy) is 1. The standard InChI is InChI=1S/C11H13N3O2S/c1-3-16-10(15)8(2)9-4-5-13-14(9)11-12-6-7-17-11/h4-8H,3H2,1-2H3. The molecule has 0 aromatic carbocycles. The molecule has 2 aromatic heterocycles. The summed E-state index contributed by atoms with van der Waals surface area (Å²) in [6.07, 6.45) is 3.37. The van der Waals surface area contributed by atoms with Crippen LogP contribution in [0.2, 0.25) is 0 Å². The molecule has 17 heavy (non-hydrogen) atoms. The van der Waals surface area contributed by atoms with Crippen molar-refractivity contribution >= 4 is 17.3 Å². The van der Waals surface area contributed by atoms with Crippen LogP contribution in [0.25, 0.3) is 5.13 Å². The highest BCUT2D eigenvalue weighted by Crippen LogP contribution is 2.21. The molecule has 5 nitrogen and oxygen atoms in total. The van der Waals surface area contributed by atoms with Gasteiger partial charge in [-0.3, -0.25) is 4.79 Å². The topological polar surface area (TPSA) is 57.0 Å². The predicted octanol–water partition coefficient (Wildman–Crippen LogP) is 2.00. The maximum absolute atomic E-state index is 11.7. The molecule has 0 saturated heterocycles. The summed E-state index contributed by atoms with van der Waals surface area (Å²) in [6, 6.07) is 1.81. The van der Waals surface area contributed by atoms with Gasteiger partial charge < -0.3 is 4.74 Å². The van der Waals surface area contributed by atoms with Crippen LogP contribution in [0, 0.1) is 0 Å². The first kappa shape index (κ1) is 11.8. The molecule has 6 heteroatoms. The number of carbonyl (C=O) groups is 1. The molecule has 0 bridgehead atoms. The quantitative estimate of drug-likeness (QED) is 0.780. The van der Waals surface area contributed by atoms with Crippen LogP contribution in [-0.4, -0.2) is 27.3 Å². The van der Waals surface area contributed by atoms with Crippen LogP contribution in [0.1, 0.15) is 25.5 Å². The predicted molar refractivity (Wildman–Crippen MR) is 64.3 cm³/mol. The Kier molecular flexibility index (Phi) is 3.53. The third-order valence-electron chi connectivity index (χ3n) is 2.36. The van der Waals surface area contributed by atoms with Crippen LogP contribution in [0.15, 0.2) is 23.8 Å². The van der Waals surface area contributed by atoms with E-state index in [-0.39, 0.29) is 11.9 Å². The third-order valence-corrected chi connectivity index (χ3v) is 3.10. The molecular formula is C11H13N3O2S. The first-order valence-corrected chi connectivity index (χ1v) is 6.22. The van der Waals surface area contributed by atoms with Crippen molar-refractivity contribution in [2.24, 2.45) is 0 Å². The van der Waals surface area contributed by atoms with E-state index in [4.69, 9.17) is 4.74 Å². The maximum Gasteiger partial charge on any atom is 0.314 e. The summed E-state index contributed by atoms with van der Waals surface area (Å²) in [5, 5.41) is 6.80. The molecule has 2 aromatic rings. The lowest BCUT2D eigenvalue weighted by molar-refractivity contribution is -0.144. The molecule has 0 aliphatic rings. The smallest absolute Gasteiger partial charge is 0.314 e. The summed E-state index contributed by atoms with van der Waals surface area (Å²) in [7, 11) is 0. The van der Waals surface area contributed by atoms with E-state index >= 15 is 0 Å². The van der Waals surface area contributed by atoms with E-state index in [0.29, 0.717) is 6.61 Å². The van der Waals surface area contributed by atoms with Crippen LogP contribution < -0.4 is 0 Å². The molecule has 1 unspecified atom stereocenters. The number of carbonyl (C=O) groups excluding carboxylic acids is 1. The molecule has 0 N–H and O–H groups in total. The van der Waals surface area contributed by atoms with E-state index < -0.39 is 0 Å². The van der Waals surface area contributed by atoms with E-state index in [1.165, 1.54) is 11.3 Å². The molecule has 0 amide bonds. The summed E-state index contributed by atoms with van der Waals surface area (Å²) < 4.78 is 6.68. The highest BCUT2D eigenvalue weighted by molar-refractivity contribution is 7.12. The number of hydrogen-bond acceptors (Lipinski definition) is 5. The molecule has 1 atom stereocenters. The second-order valence-electron chi connectivity index (χ2n) is 3.46. The Morgan fingerprint density at radius 2 is 2.41 bits per heavy atom. The monoisotopic (exact) mass is 251 g/mol. The molecule has 0 spiro atoms. The highest BCUT2D eigenvalue weighted by Gasteiger charge is 2.21. The fourth-order valence-electron chi connectivity index (χ4n) is 1.51. The minimum atomic E-state index is -0.346. The molecule has 2 rings (SSSR count). The average molecular weight is 251 g/mol. The zero-order chi connectivity index (χ0) is 12.3. The van der Waals surface area contributed by atoms with Crippen molar-refractivity contribution in [2.75, 3.05) is 6.61 Å². The number of esters is 1. The van der Waals surface area contributed by atoms with E-state index in [2.05, 4.69) is 10.1 Å². The van der Waals surface area contributed by atoms with Gasteiger partial charge in [0.25, 0.3) is 0 Å². The third kappa shape index (κ3) is 2.36. The zero-order valence-electron chi connectivity index (χ0n) is 9.66. The highest BCUT2D eigenvalue weighted by atomic mass is 32.1. The van der Waals surface area contributed by atoms with Crippen molar-refractivity contribution < 1.29 is 9.53 Å². The molecule has 0 radical (unpaired) electrons. The van der Waals surface area contributed by atoms with Crippen molar-refractivity contribution in [1.29, 1.82) is 0 Å². The lowest BCUT2D eigenvalue weighted by atomic mass is 10.1. The zero-order valence-corrected chi connectivity index (χ0v) is 10.5. The number of rotatable bonds is 4. The Balaban J connectivity index is 2.28. The lowest BCUT2D eigenvalue weighted by Gasteiger charge is -2.11. The van der Waals surface area contributed by atoms with Crippen LogP contribution in [-0.2, 0) is 9.53 Å². The molecule has 2 heterocycles. The number of hydrogen-bond donors (Lipinski definition) is 0. The first-order chi connectivity index (χ1) is 8.24. The summed E-state index contributed by atoms with van der Waals surface area (Å²) in [4.78, 5) is 15.9. The summed E-state index contributed by atoms with van der Waals surface area (Å²) >= 11 is 1.47. The van der Waals surface area contributed by atoms with Gasteiger partial charge in [-0.15, -0.1) is 11.3 Å². The van der Waals surface area contributed by atoms with E-state index in [1.807, 2.05) is 11.4 Å². The Morgan fingerprint density at radius 1 is 1.59 bits per heavy atom. The van der Waals surface area contributed by atoms with Gasteiger partial charge >= 0.3 is 5.97 Å². The molecule has 0 saturated carbocycles. The van der Waals surface area contributed by atoms with E-state index in [1.54, 1.807) is 30.9 Å². The van der Waals surface area contributed by atoms with Gasteiger partial charge in [0.1, 0.15) is 0 Å². The van der Waals surface area contributed by atoms with Gasteiger partial charge in [0, 0.05) is 17.8 Å². The van der Waals surface area contributed by atoms with Gasteiger partial charge in [-0.25, -0.2) is 9.67 Å². The van der Waals surface area contributed by atoms with Crippen LogP contribution in [0.3, 0.4) is 0 Å². The Morgan fingerprint density at radius 3 is 3.06 bits per heavy atom. The van der Waals surface area contributed by atoms with Crippen molar-refractivity contribution in [2.45, 2.75) is 19.8 Å². The van der Waals surface area contributed by atoms with Gasteiger partial charge in [-0.2, -0.15) is 5.10 Å². The number of thiazole rings is 1. The minimum Gasteiger partial charge on any atom is -0.465 e. The fraction of sp³-hybridized carbons (Fsp3) is 0.364. The Bertz CT molecular complexity index is 493. The molecular weight excluding hydrogens is 238 g/mol.